The van der Waals surface area contributed by atoms with Crippen LogP contribution in [0.5, 0.6) is 0 Å². The molecule has 1 aromatic rings. The van der Waals surface area contributed by atoms with Gasteiger partial charge < -0.3 is 10.8 Å². The van der Waals surface area contributed by atoms with Crippen molar-refractivity contribution in [1.82, 2.24) is 4.98 Å². The van der Waals surface area contributed by atoms with E-state index in [1.54, 1.807) is 18.3 Å². The third-order valence-electron chi connectivity index (χ3n) is 2.84. The van der Waals surface area contributed by atoms with Crippen LogP contribution in [0, 0.1) is 0 Å². The fourth-order valence-electron chi connectivity index (χ4n) is 1.72. The van der Waals surface area contributed by atoms with Gasteiger partial charge in [0, 0.05) is 29.8 Å². The molecule has 0 unspecified atom stereocenters. The van der Waals surface area contributed by atoms with Crippen LogP contribution < -0.4 is 5.73 Å². The Morgan fingerprint density at radius 3 is 2.71 bits per heavy atom. The minimum Gasteiger partial charge on any atom is -0.481 e. The summed E-state index contributed by atoms with van der Waals surface area (Å²) < 4.78 is 0. The van der Waals surface area contributed by atoms with Gasteiger partial charge in [-0.15, -0.1) is 0 Å². The number of carboxylic acids is 1. The van der Waals surface area contributed by atoms with Crippen molar-refractivity contribution in [2.45, 2.75) is 37.4 Å². The smallest absolute Gasteiger partial charge is 0.303 e. The second-order valence-electron chi connectivity index (χ2n) is 4.57. The van der Waals surface area contributed by atoms with Crippen LogP contribution in [0.15, 0.2) is 24.5 Å². The quantitative estimate of drug-likeness (QED) is 0.616. The first-order valence-electron chi connectivity index (χ1n) is 6.79. The zero-order valence-corrected chi connectivity index (χ0v) is 13.4. The molecule has 1 fully saturated rings. The number of pyridine rings is 1. The third-order valence-corrected chi connectivity index (χ3v) is 5.85. The van der Waals surface area contributed by atoms with Crippen LogP contribution in [-0.2, 0) is 4.79 Å². The number of carbonyl (C=O) groups excluding carboxylic acids is 1. The number of hydrogen-bond acceptors (Lipinski definition) is 5. The van der Waals surface area contributed by atoms with Crippen molar-refractivity contribution in [1.29, 1.82) is 0 Å². The second kappa shape index (κ2) is 10.5. The summed E-state index contributed by atoms with van der Waals surface area (Å²) in [6.07, 6.45) is 7.79. The maximum Gasteiger partial charge on any atom is 0.303 e. The number of nitrogens with zero attached hydrogens (tertiary/aromatic N) is 1. The van der Waals surface area contributed by atoms with Gasteiger partial charge in [0.2, 0.25) is 5.91 Å². The fraction of sp³-hybridized carbons (Fsp3) is 0.500. The lowest BCUT2D eigenvalue weighted by atomic mass is 10.1. The number of amides is 1. The first kappa shape index (κ1) is 17.8. The van der Waals surface area contributed by atoms with E-state index < -0.39 is 11.9 Å². The summed E-state index contributed by atoms with van der Waals surface area (Å²) in [4.78, 5) is 24.3. The van der Waals surface area contributed by atoms with E-state index in [1.165, 1.54) is 24.8 Å². The van der Waals surface area contributed by atoms with Crippen molar-refractivity contribution >= 4 is 33.5 Å². The van der Waals surface area contributed by atoms with Crippen molar-refractivity contribution in [3.8, 4) is 0 Å². The molecule has 0 spiro atoms. The van der Waals surface area contributed by atoms with Gasteiger partial charge in [0.25, 0.3) is 0 Å². The molecule has 1 aliphatic heterocycles. The topological polar surface area (TPSA) is 93.3 Å². The van der Waals surface area contributed by atoms with Crippen molar-refractivity contribution in [3.63, 3.8) is 0 Å². The van der Waals surface area contributed by atoms with Crippen molar-refractivity contribution in [2.75, 3.05) is 5.75 Å². The van der Waals surface area contributed by atoms with Gasteiger partial charge in [0.1, 0.15) is 0 Å². The Balaban J connectivity index is 0.000000219. The van der Waals surface area contributed by atoms with Gasteiger partial charge in [-0.05, 0) is 31.4 Å². The molecule has 0 aliphatic carbocycles. The molecule has 0 radical (unpaired) electrons. The van der Waals surface area contributed by atoms with E-state index in [9.17, 15) is 9.59 Å². The number of hydrogen-bond donors (Lipinski definition) is 2. The predicted molar refractivity (Wildman–Crippen MR) is 87.3 cm³/mol. The molecule has 1 aromatic heterocycles. The number of carboxylic acid groups (broad SMARTS) is 1. The average Bonchev–Trinajstić information content (AvgIpc) is 2.98. The summed E-state index contributed by atoms with van der Waals surface area (Å²) in [5, 5.41) is 9.19. The van der Waals surface area contributed by atoms with Gasteiger partial charge in [0.15, 0.2) is 0 Å². The van der Waals surface area contributed by atoms with E-state index in [0.29, 0.717) is 12.0 Å². The lowest BCUT2D eigenvalue weighted by Crippen LogP contribution is -2.10. The molecule has 21 heavy (non-hydrogen) atoms. The van der Waals surface area contributed by atoms with E-state index in [0.717, 1.165) is 18.1 Å². The highest BCUT2D eigenvalue weighted by Crippen LogP contribution is 2.39. The molecule has 1 saturated heterocycles. The highest BCUT2D eigenvalue weighted by molar-refractivity contribution is 8.77. The fourth-order valence-corrected chi connectivity index (χ4v) is 4.75. The minimum atomic E-state index is -0.663. The number of carbonyl (C=O) groups is 2. The molecule has 5 nitrogen and oxygen atoms in total. The lowest BCUT2D eigenvalue weighted by Gasteiger charge is -2.04. The number of rotatable bonds is 6. The molecular weight excluding hydrogens is 308 g/mol. The Hall–Kier alpha value is -1.21. The molecule has 1 amide bonds. The zero-order chi connectivity index (χ0) is 15.5. The molecular formula is C14H20N2O3S2. The summed E-state index contributed by atoms with van der Waals surface area (Å²) in [7, 11) is 3.92. The molecule has 1 atom stereocenters. The average molecular weight is 328 g/mol. The predicted octanol–water partition coefficient (Wildman–Crippen LogP) is 2.97. The Kier molecular flexibility index (Phi) is 8.93. The van der Waals surface area contributed by atoms with E-state index in [4.69, 9.17) is 10.8 Å². The first-order valence-corrected chi connectivity index (χ1v) is 9.17. The second-order valence-corrected chi connectivity index (χ2v) is 7.36. The van der Waals surface area contributed by atoms with Gasteiger partial charge in [-0.2, -0.15) is 0 Å². The van der Waals surface area contributed by atoms with Crippen LogP contribution in [0.25, 0.3) is 0 Å². The van der Waals surface area contributed by atoms with Crippen LogP contribution >= 0.6 is 21.6 Å². The third kappa shape index (κ3) is 8.62. The summed E-state index contributed by atoms with van der Waals surface area (Å²) >= 11 is 0. The molecule has 2 heterocycles. The zero-order valence-electron chi connectivity index (χ0n) is 11.7. The number of aromatic nitrogens is 1. The summed E-state index contributed by atoms with van der Waals surface area (Å²) in [5.74, 6) is 0.167. The largest absolute Gasteiger partial charge is 0.481 e. The SMILES string of the molecule is NC(=O)c1cccnc1.O=C(O)CCCC[C@H]1CCSS1. The monoisotopic (exact) mass is 328 g/mol. The molecule has 7 heteroatoms. The van der Waals surface area contributed by atoms with Crippen molar-refractivity contribution in [2.24, 2.45) is 5.73 Å². The van der Waals surface area contributed by atoms with Gasteiger partial charge in [-0.1, -0.05) is 28.0 Å². The van der Waals surface area contributed by atoms with Gasteiger partial charge in [0.05, 0.1) is 5.56 Å². The van der Waals surface area contributed by atoms with Gasteiger partial charge in [-0.3, -0.25) is 14.6 Å². The van der Waals surface area contributed by atoms with E-state index in [2.05, 4.69) is 4.98 Å². The van der Waals surface area contributed by atoms with E-state index in [-0.39, 0.29) is 0 Å². The summed E-state index contributed by atoms with van der Waals surface area (Å²) in [6, 6.07) is 3.29. The molecule has 0 bridgehead atoms. The van der Waals surface area contributed by atoms with Crippen LogP contribution in [-0.4, -0.2) is 33.0 Å². The van der Waals surface area contributed by atoms with Crippen LogP contribution in [0.4, 0.5) is 0 Å². The number of nitrogens with two attached hydrogens (primary N) is 1. The molecule has 1 aliphatic rings. The number of primary amides is 1. The van der Waals surface area contributed by atoms with Crippen LogP contribution in [0.1, 0.15) is 42.5 Å². The maximum atomic E-state index is 10.4. The summed E-state index contributed by atoms with van der Waals surface area (Å²) in [6.45, 7) is 0. The molecule has 3 N–H and O–H groups in total. The van der Waals surface area contributed by atoms with Crippen molar-refractivity contribution in [3.05, 3.63) is 30.1 Å². The molecule has 0 aromatic carbocycles. The van der Waals surface area contributed by atoms with Crippen LogP contribution in [0.3, 0.4) is 0 Å². The number of aliphatic carboxylic acids is 1. The highest BCUT2D eigenvalue weighted by atomic mass is 33.1. The van der Waals surface area contributed by atoms with E-state index >= 15 is 0 Å². The van der Waals surface area contributed by atoms with Crippen LogP contribution in [0.2, 0.25) is 0 Å². The highest BCUT2D eigenvalue weighted by Gasteiger charge is 2.15. The number of unbranched alkanes of at least 4 members (excludes halogenated alkanes) is 1. The Labute approximate surface area is 132 Å². The lowest BCUT2D eigenvalue weighted by molar-refractivity contribution is -0.137. The van der Waals surface area contributed by atoms with Gasteiger partial charge >= 0.3 is 5.97 Å². The standard InChI is InChI=1S/C8H14O2S2.C6H6N2O/c9-8(10)4-2-1-3-7-5-6-11-12-7;7-6(9)5-2-1-3-8-4-5/h7H,1-6H2,(H,9,10);1-4H,(H2,7,9)/t7-;/m0./s1. The van der Waals surface area contributed by atoms with Crippen molar-refractivity contribution < 1.29 is 14.7 Å². The molecule has 0 saturated carbocycles. The van der Waals surface area contributed by atoms with Gasteiger partial charge in [-0.25, -0.2) is 0 Å². The minimum absolute atomic E-state index is 0.338. The maximum absolute atomic E-state index is 10.4. The van der Waals surface area contributed by atoms with E-state index in [1.807, 2.05) is 21.6 Å². The Bertz CT molecular complexity index is 437. The Morgan fingerprint density at radius 2 is 2.24 bits per heavy atom. The summed E-state index contributed by atoms with van der Waals surface area (Å²) in [5.41, 5.74) is 5.38. The Morgan fingerprint density at radius 1 is 1.43 bits per heavy atom. The first-order chi connectivity index (χ1) is 10.1. The molecule has 2 rings (SSSR count). The normalized spacial score (nSPS) is 16.9. The molecule has 116 valence electrons.